The zero-order valence-corrected chi connectivity index (χ0v) is 57.2. The molecule has 8 heterocycles. The third kappa shape index (κ3) is 9.30. The van der Waals surface area contributed by atoms with Crippen molar-refractivity contribution in [2.75, 3.05) is 0 Å². The fourth-order valence-corrected chi connectivity index (χ4v) is 17.4. The van der Waals surface area contributed by atoms with Crippen LogP contribution in [0, 0.1) is 0 Å². The van der Waals surface area contributed by atoms with Gasteiger partial charge in [-0.3, -0.25) is 17.9 Å². The number of rotatable bonds is 7. The molecule has 0 saturated heterocycles. The van der Waals surface area contributed by atoms with Gasteiger partial charge in [0.1, 0.15) is 11.3 Å². The maximum atomic E-state index is 5.41. The van der Waals surface area contributed by atoms with Crippen LogP contribution in [-0.4, -0.2) is 42.9 Å². The minimum Gasteiger partial charge on any atom is -0.279 e. The zero-order chi connectivity index (χ0) is 68.8. The van der Waals surface area contributed by atoms with Gasteiger partial charge in [0.2, 0.25) is 11.9 Å². The minimum atomic E-state index is 0.811. The van der Waals surface area contributed by atoms with Crippen LogP contribution in [0.15, 0.2) is 346 Å². The summed E-state index contributed by atoms with van der Waals surface area (Å²) in [5.41, 5.74) is 23.0. The van der Waals surface area contributed by atoms with E-state index in [0.29, 0.717) is 0 Å². The Kier molecular flexibility index (Phi) is 13.1. The van der Waals surface area contributed by atoms with E-state index in [0.717, 1.165) is 139 Å². The molecule has 0 aliphatic carbocycles. The molecule has 0 radical (unpaired) electrons. The highest BCUT2D eigenvalue weighted by molar-refractivity contribution is 7.25. The van der Waals surface area contributed by atoms with E-state index < -0.39 is 0 Å². The lowest BCUT2D eigenvalue weighted by Gasteiger charge is -2.13. The second-order valence-electron chi connectivity index (χ2n) is 27.1. The Labute approximate surface area is 604 Å². The van der Waals surface area contributed by atoms with Crippen molar-refractivity contribution in [2.45, 2.75) is 0 Å². The molecular weight excluding hydrogens is 1300 g/mol. The van der Waals surface area contributed by atoms with Crippen LogP contribution in [0.4, 0.5) is 0 Å². The van der Waals surface area contributed by atoms with Gasteiger partial charge < -0.3 is 0 Å². The van der Waals surface area contributed by atoms with E-state index in [1.165, 1.54) is 69.0 Å². The lowest BCUT2D eigenvalue weighted by Crippen LogP contribution is -2.06. The quantitative estimate of drug-likeness (QED) is 0.159. The third-order valence-corrected chi connectivity index (χ3v) is 22.3. The van der Waals surface area contributed by atoms with Gasteiger partial charge in [-0.25, -0.2) is 24.9 Å². The maximum absolute atomic E-state index is 5.41. The molecule has 0 spiro atoms. The number of aromatic nitrogens is 9. The number of nitrogens with zero attached hydrogens (tertiary/aromatic N) is 9. The average Bonchev–Trinajstić information content (AvgIpc) is 1.78. The van der Waals surface area contributed by atoms with Crippen LogP contribution in [0.2, 0.25) is 0 Å². The van der Waals surface area contributed by atoms with Crippen molar-refractivity contribution in [2.24, 2.45) is 0 Å². The predicted octanol–water partition coefficient (Wildman–Crippen LogP) is 24.7. The normalized spacial score (nSPS) is 12.0. The molecule has 488 valence electrons. The highest BCUT2D eigenvalue weighted by atomic mass is 32.1. The fraction of sp³-hybridized carbons (Fsp3) is 0. The van der Waals surface area contributed by atoms with Gasteiger partial charge in [0.15, 0.2) is 0 Å². The second kappa shape index (κ2) is 23.3. The smallest absolute Gasteiger partial charge is 0.221 e. The summed E-state index contributed by atoms with van der Waals surface area (Å²) < 4.78 is 11.8. The zero-order valence-electron chi connectivity index (χ0n) is 56.3. The standard InChI is InChI=1S/C53H33N5.C42H24N4S/c1-3-14-34(15-4-1)40-32-46(36-17-5-2-6-18-36)54-47(33-40)39-20-13-19-37(30-39)38-27-28-48-43(31-38)51-41-21-8-7-16-35(41)26-29-50(51)57(48)53-56-44-23-10-9-22-42(44)52-55-45-24-11-12-25-49(45)58(52)53;1-2-10-28-25(9-1)17-21-37-40(28)32-24-26(27-19-22-39-31(23-27)29-11-4-8-16-38(29)47-39)18-20-35(32)45(37)42-44-33-13-5-3-12-30(33)41-43-34-14-6-7-15-36(34)46(41)42/h1-33H;1-24H. The lowest BCUT2D eigenvalue weighted by atomic mass is 9.96. The van der Waals surface area contributed by atoms with E-state index in [2.05, 4.69) is 346 Å². The van der Waals surface area contributed by atoms with Crippen molar-refractivity contribution < 1.29 is 0 Å². The van der Waals surface area contributed by atoms with Gasteiger partial charge >= 0.3 is 0 Å². The first-order chi connectivity index (χ1) is 52.0. The maximum Gasteiger partial charge on any atom is 0.221 e. The fourth-order valence-electron chi connectivity index (χ4n) is 16.3. The summed E-state index contributed by atoms with van der Waals surface area (Å²) >= 11 is 1.86. The number of para-hydroxylation sites is 6. The first-order valence-corrected chi connectivity index (χ1v) is 36.3. The van der Waals surface area contributed by atoms with Gasteiger partial charge in [-0.05, 0) is 176 Å². The number of benzene rings is 15. The summed E-state index contributed by atoms with van der Waals surface area (Å²) in [5, 5.41) is 14.4. The largest absolute Gasteiger partial charge is 0.279 e. The molecular formula is C95H57N9S. The van der Waals surface area contributed by atoms with Gasteiger partial charge in [-0.1, -0.05) is 224 Å². The summed E-state index contributed by atoms with van der Waals surface area (Å²) in [6, 6.07) is 123. The van der Waals surface area contributed by atoms with Crippen LogP contribution >= 0.6 is 11.3 Å². The molecule has 10 heteroatoms. The molecule has 23 aromatic rings. The van der Waals surface area contributed by atoms with Gasteiger partial charge in [-0.15, -0.1) is 11.3 Å². The molecule has 0 atom stereocenters. The van der Waals surface area contributed by atoms with Crippen LogP contribution in [0.3, 0.4) is 0 Å². The lowest BCUT2D eigenvalue weighted by molar-refractivity contribution is 0.979. The van der Waals surface area contributed by atoms with Crippen molar-refractivity contribution in [3.8, 4) is 67.8 Å². The van der Waals surface area contributed by atoms with Crippen LogP contribution in [0.1, 0.15) is 0 Å². The summed E-state index contributed by atoms with van der Waals surface area (Å²) in [5.74, 6) is 1.65. The number of thiophene rings is 1. The van der Waals surface area contributed by atoms with Crippen molar-refractivity contribution >= 4 is 152 Å². The number of imidazole rings is 2. The molecule has 0 aliphatic heterocycles. The average molecular weight is 1360 g/mol. The van der Waals surface area contributed by atoms with Crippen molar-refractivity contribution in [3.05, 3.63) is 346 Å². The molecule has 0 amide bonds. The van der Waals surface area contributed by atoms with Crippen LogP contribution in [-0.2, 0) is 0 Å². The van der Waals surface area contributed by atoms with Crippen molar-refractivity contribution in [1.29, 1.82) is 0 Å². The number of hydrogen-bond acceptors (Lipinski definition) is 6. The molecule has 0 unspecified atom stereocenters. The topological polar surface area (TPSA) is 83.1 Å². The number of pyridine rings is 1. The van der Waals surface area contributed by atoms with Crippen LogP contribution < -0.4 is 0 Å². The van der Waals surface area contributed by atoms with Gasteiger partial charge in [0.25, 0.3) is 0 Å². The van der Waals surface area contributed by atoms with E-state index in [4.69, 9.17) is 24.9 Å². The molecule has 0 N–H and O–H groups in total. The molecule has 9 nitrogen and oxygen atoms in total. The molecule has 15 aromatic carbocycles. The Morgan fingerprint density at radius 1 is 0.210 bits per heavy atom. The van der Waals surface area contributed by atoms with Crippen molar-refractivity contribution in [3.63, 3.8) is 0 Å². The second-order valence-corrected chi connectivity index (χ2v) is 28.2. The molecule has 8 aromatic heterocycles. The predicted molar refractivity (Wildman–Crippen MR) is 438 cm³/mol. The highest BCUT2D eigenvalue weighted by Crippen LogP contribution is 2.45. The van der Waals surface area contributed by atoms with E-state index in [9.17, 15) is 0 Å². The van der Waals surface area contributed by atoms with Gasteiger partial charge in [0, 0.05) is 63.6 Å². The number of fused-ring (bicyclic) bond motifs is 23. The van der Waals surface area contributed by atoms with E-state index in [1.54, 1.807) is 0 Å². The van der Waals surface area contributed by atoms with Crippen LogP contribution in [0.5, 0.6) is 0 Å². The van der Waals surface area contributed by atoms with Gasteiger partial charge in [0.05, 0.1) is 66.6 Å². The Bertz CT molecular complexity index is 7490. The van der Waals surface area contributed by atoms with Crippen LogP contribution in [0.25, 0.3) is 208 Å². The summed E-state index contributed by atoms with van der Waals surface area (Å²) in [4.78, 5) is 26.3. The molecule has 105 heavy (non-hydrogen) atoms. The monoisotopic (exact) mass is 1360 g/mol. The first-order valence-electron chi connectivity index (χ1n) is 35.5. The SMILES string of the molecule is c1ccc(-c2cc(-c3ccccc3)nc(-c3cccc(-c4ccc5c(c4)c4c6ccccc6ccc4n5-c4nc5ccccc5c5nc6ccccc6n45)c3)c2)cc1.c1ccc2c(c1)ccc1c2c2cc(-c3ccc4sc5ccccc5c4c3)ccc2n1-c1nc2ccccc2c2nc3ccccc3n12. The Morgan fingerprint density at radius 2 is 0.619 bits per heavy atom. The Hall–Kier alpha value is -13.9. The van der Waals surface area contributed by atoms with E-state index >= 15 is 0 Å². The molecule has 0 aliphatic rings. The minimum absolute atomic E-state index is 0.811. The van der Waals surface area contributed by atoms with Gasteiger partial charge in [-0.2, -0.15) is 0 Å². The molecule has 0 fully saturated rings. The molecule has 0 saturated carbocycles. The Morgan fingerprint density at radius 3 is 1.19 bits per heavy atom. The third-order valence-electron chi connectivity index (χ3n) is 21.2. The molecule has 23 rings (SSSR count). The highest BCUT2D eigenvalue weighted by Gasteiger charge is 2.25. The van der Waals surface area contributed by atoms with E-state index in [-0.39, 0.29) is 0 Å². The number of hydrogen-bond donors (Lipinski definition) is 0. The summed E-state index contributed by atoms with van der Waals surface area (Å²) in [6.45, 7) is 0. The summed E-state index contributed by atoms with van der Waals surface area (Å²) in [7, 11) is 0. The van der Waals surface area contributed by atoms with E-state index in [1.807, 2.05) is 29.5 Å². The first kappa shape index (κ1) is 58.8. The molecule has 0 bridgehead atoms. The Balaban J connectivity index is 0.000000134. The summed E-state index contributed by atoms with van der Waals surface area (Å²) in [6.07, 6.45) is 0. The van der Waals surface area contributed by atoms with Crippen molar-refractivity contribution in [1.82, 2.24) is 42.9 Å².